The summed E-state index contributed by atoms with van der Waals surface area (Å²) in [7, 11) is 0. The number of rotatable bonds is 2. The molecular formula is C16H13ClFN4+. The third kappa shape index (κ3) is 2.58. The van der Waals surface area contributed by atoms with E-state index in [0.29, 0.717) is 22.1 Å². The highest BCUT2D eigenvalue weighted by Gasteiger charge is 2.14. The molecule has 0 aliphatic carbocycles. The molecule has 0 saturated heterocycles. The summed E-state index contributed by atoms with van der Waals surface area (Å²) in [5, 5.41) is 0.445. The van der Waals surface area contributed by atoms with E-state index in [-0.39, 0.29) is 5.82 Å². The van der Waals surface area contributed by atoms with Crippen LogP contribution in [0.25, 0.3) is 22.4 Å². The Hall–Kier alpha value is -2.66. The molecule has 3 aromatic rings. The lowest BCUT2D eigenvalue weighted by atomic mass is 10.00. The molecule has 0 fully saturated rings. The Morgan fingerprint density at radius 2 is 1.91 bits per heavy atom. The van der Waals surface area contributed by atoms with Gasteiger partial charge in [0, 0.05) is 28.4 Å². The molecule has 110 valence electrons. The maximum absolute atomic E-state index is 14.1. The Balaban J connectivity index is 2.22. The van der Waals surface area contributed by atoms with E-state index in [1.807, 2.05) is 6.07 Å². The molecule has 0 bridgehead atoms. The number of hydrogen-bond acceptors (Lipinski definition) is 3. The highest BCUT2D eigenvalue weighted by Crippen LogP contribution is 2.33. The fourth-order valence-corrected chi connectivity index (χ4v) is 2.40. The van der Waals surface area contributed by atoms with E-state index in [4.69, 9.17) is 23.2 Å². The van der Waals surface area contributed by atoms with Crippen molar-refractivity contribution in [2.24, 2.45) is 0 Å². The van der Waals surface area contributed by atoms with Gasteiger partial charge < -0.3 is 0 Å². The molecule has 0 spiro atoms. The van der Waals surface area contributed by atoms with Crippen LogP contribution in [-0.4, -0.2) is 4.98 Å². The van der Waals surface area contributed by atoms with Gasteiger partial charge in [-0.25, -0.2) is 4.39 Å². The van der Waals surface area contributed by atoms with Crippen LogP contribution < -0.4 is 16.3 Å². The molecule has 6 heteroatoms. The van der Waals surface area contributed by atoms with Crippen LogP contribution in [0.2, 0.25) is 5.02 Å². The molecule has 0 radical (unpaired) electrons. The minimum atomic E-state index is -0.387. The van der Waals surface area contributed by atoms with Gasteiger partial charge in [-0.1, -0.05) is 17.7 Å². The SMILES string of the molecule is Nc1cc(-c2cccnc2-c2cc(Cl)ccc2F)cc[n+]1N. The van der Waals surface area contributed by atoms with Gasteiger partial charge in [0.05, 0.1) is 5.69 Å². The predicted octanol–water partition coefficient (Wildman–Crippen LogP) is 2.79. The number of nitrogen functional groups attached to an aromatic ring is 2. The van der Waals surface area contributed by atoms with Gasteiger partial charge in [-0.3, -0.25) is 16.6 Å². The standard InChI is InChI=1S/C16H12ClFN4/c17-11-3-4-14(18)13(9-11)16-12(2-1-6-21-16)10-5-7-22(20)15(19)8-10/h1-9,19H,20H2/p+1. The van der Waals surface area contributed by atoms with E-state index in [1.165, 1.54) is 16.8 Å². The molecule has 0 unspecified atom stereocenters. The monoisotopic (exact) mass is 315 g/mol. The second kappa shape index (κ2) is 5.61. The van der Waals surface area contributed by atoms with Crippen molar-refractivity contribution in [3.63, 3.8) is 0 Å². The number of anilines is 1. The molecule has 2 heterocycles. The first kappa shape index (κ1) is 14.3. The van der Waals surface area contributed by atoms with Gasteiger partial charge in [-0.2, -0.15) is 0 Å². The summed E-state index contributed by atoms with van der Waals surface area (Å²) in [4.78, 5) is 4.30. The summed E-state index contributed by atoms with van der Waals surface area (Å²) in [6, 6.07) is 11.5. The summed E-state index contributed by atoms with van der Waals surface area (Å²) >= 11 is 5.98. The van der Waals surface area contributed by atoms with Gasteiger partial charge in [-0.05, 0) is 35.9 Å². The molecular weight excluding hydrogens is 303 g/mol. The molecule has 0 amide bonds. The topological polar surface area (TPSA) is 68.8 Å². The highest BCUT2D eigenvalue weighted by molar-refractivity contribution is 6.30. The van der Waals surface area contributed by atoms with Gasteiger partial charge in [-0.15, -0.1) is 4.68 Å². The fourth-order valence-electron chi connectivity index (χ4n) is 2.23. The normalized spacial score (nSPS) is 10.6. The van der Waals surface area contributed by atoms with Crippen molar-refractivity contribution < 1.29 is 9.07 Å². The van der Waals surface area contributed by atoms with E-state index < -0.39 is 0 Å². The average molecular weight is 316 g/mol. The van der Waals surface area contributed by atoms with E-state index in [2.05, 4.69) is 4.98 Å². The number of nitrogens with zero attached hydrogens (tertiary/aromatic N) is 2. The number of halogens is 2. The Morgan fingerprint density at radius 3 is 2.68 bits per heavy atom. The Bertz CT molecular complexity index is 851. The zero-order valence-electron chi connectivity index (χ0n) is 11.5. The average Bonchev–Trinajstić information content (AvgIpc) is 2.52. The molecule has 2 aromatic heterocycles. The third-order valence-electron chi connectivity index (χ3n) is 3.32. The summed E-state index contributed by atoms with van der Waals surface area (Å²) in [5.41, 5.74) is 8.20. The van der Waals surface area contributed by atoms with Crippen LogP contribution in [0.1, 0.15) is 0 Å². The number of benzene rings is 1. The van der Waals surface area contributed by atoms with Crippen LogP contribution in [0.15, 0.2) is 54.9 Å². The number of nitrogens with two attached hydrogens (primary N) is 2. The molecule has 4 N–H and O–H groups in total. The van der Waals surface area contributed by atoms with Crippen LogP contribution in [0.5, 0.6) is 0 Å². The summed E-state index contributed by atoms with van der Waals surface area (Å²) in [6.07, 6.45) is 3.24. The molecule has 0 aliphatic heterocycles. The lowest BCUT2D eigenvalue weighted by Crippen LogP contribution is -2.46. The van der Waals surface area contributed by atoms with Crippen LogP contribution >= 0.6 is 11.6 Å². The third-order valence-corrected chi connectivity index (χ3v) is 3.55. The fraction of sp³-hybridized carbons (Fsp3) is 0. The first-order valence-electron chi connectivity index (χ1n) is 6.53. The van der Waals surface area contributed by atoms with E-state index in [0.717, 1.165) is 11.1 Å². The maximum Gasteiger partial charge on any atom is 0.296 e. The van der Waals surface area contributed by atoms with Crippen LogP contribution in [-0.2, 0) is 0 Å². The van der Waals surface area contributed by atoms with Crippen LogP contribution in [0, 0.1) is 5.82 Å². The van der Waals surface area contributed by atoms with Crippen molar-refractivity contribution in [2.45, 2.75) is 0 Å². The summed E-state index contributed by atoms with van der Waals surface area (Å²) in [6.45, 7) is 0. The molecule has 1 aromatic carbocycles. The lowest BCUT2D eigenvalue weighted by Gasteiger charge is -2.10. The zero-order chi connectivity index (χ0) is 15.7. The second-order valence-corrected chi connectivity index (χ2v) is 5.21. The molecule has 0 saturated carbocycles. The van der Waals surface area contributed by atoms with Crippen molar-refractivity contribution >= 4 is 17.4 Å². The van der Waals surface area contributed by atoms with Crippen molar-refractivity contribution in [3.05, 3.63) is 65.7 Å². The van der Waals surface area contributed by atoms with Crippen molar-refractivity contribution in [2.75, 3.05) is 11.6 Å². The number of aromatic nitrogens is 2. The quantitative estimate of drug-likeness (QED) is 0.564. The van der Waals surface area contributed by atoms with E-state index >= 15 is 0 Å². The van der Waals surface area contributed by atoms with Crippen molar-refractivity contribution in [1.82, 2.24) is 4.98 Å². The molecule has 22 heavy (non-hydrogen) atoms. The maximum atomic E-state index is 14.1. The summed E-state index contributed by atoms with van der Waals surface area (Å²) in [5.74, 6) is 5.66. The van der Waals surface area contributed by atoms with Gasteiger partial charge in [0.2, 0.25) is 0 Å². The minimum Gasteiger partial charge on any atom is -0.285 e. The smallest absolute Gasteiger partial charge is 0.285 e. The molecule has 0 atom stereocenters. The summed E-state index contributed by atoms with van der Waals surface area (Å²) < 4.78 is 15.5. The largest absolute Gasteiger partial charge is 0.296 e. The number of hydrogen-bond donors (Lipinski definition) is 2. The first-order chi connectivity index (χ1) is 10.6. The van der Waals surface area contributed by atoms with E-state index in [1.54, 1.807) is 36.7 Å². The van der Waals surface area contributed by atoms with Crippen molar-refractivity contribution in [1.29, 1.82) is 0 Å². The molecule has 3 rings (SSSR count). The molecule has 4 nitrogen and oxygen atoms in total. The first-order valence-corrected chi connectivity index (χ1v) is 6.91. The second-order valence-electron chi connectivity index (χ2n) is 4.77. The zero-order valence-corrected chi connectivity index (χ0v) is 12.3. The van der Waals surface area contributed by atoms with Gasteiger partial charge in [0.25, 0.3) is 5.82 Å². The van der Waals surface area contributed by atoms with Gasteiger partial charge in [0.15, 0.2) is 0 Å². The highest BCUT2D eigenvalue weighted by atomic mass is 35.5. The van der Waals surface area contributed by atoms with E-state index in [9.17, 15) is 4.39 Å². The molecule has 0 aliphatic rings. The Labute approximate surface area is 131 Å². The van der Waals surface area contributed by atoms with Gasteiger partial charge >= 0.3 is 0 Å². The van der Waals surface area contributed by atoms with Crippen LogP contribution in [0.4, 0.5) is 10.2 Å². The van der Waals surface area contributed by atoms with Gasteiger partial charge in [0.1, 0.15) is 12.0 Å². The predicted molar refractivity (Wildman–Crippen MR) is 84.8 cm³/mol. The van der Waals surface area contributed by atoms with Crippen molar-refractivity contribution in [3.8, 4) is 22.4 Å². The lowest BCUT2D eigenvalue weighted by molar-refractivity contribution is -0.623. The van der Waals surface area contributed by atoms with Crippen LogP contribution in [0.3, 0.4) is 0 Å². The Morgan fingerprint density at radius 1 is 1.09 bits per heavy atom. The minimum absolute atomic E-state index is 0.339. The number of pyridine rings is 2. The Kier molecular flexibility index (Phi) is 3.65.